The lowest BCUT2D eigenvalue weighted by Crippen LogP contribution is -2.11. The molecule has 2 heterocycles. The predicted octanol–water partition coefficient (Wildman–Crippen LogP) is 5.03. The highest BCUT2D eigenvalue weighted by molar-refractivity contribution is 7.12. The van der Waals surface area contributed by atoms with Crippen molar-refractivity contribution >= 4 is 22.9 Å². The minimum absolute atomic E-state index is 0.118. The summed E-state index contributed by atoms with van der Waals surface area (Å²) in [5.41, 5.74) is 6.18. The Labute approximate surface area is 164 Å². The van der Waals surface area contributed by atoms with Crippen molar-refractivity contribution in [3.05, 3.63) is 62.6 Å². The fourth-order valence-corrected chi connectivity index (χ4v) is 3.98. The number of amides is 1. The van der Waals surface area contributed by atoms with Gasteiger partial charge >= 0.3 is 0 Å². The van der Waals surface area contributed by atoms with Crippen LogP contribution in [0.3, 0.4) is 0 Å². The molecule has 6 heteroatoms. The number of nitrogens with zero attached hydrogens (tertiary/aromatic N) is 2. The molecule has 1 aromatic carbocycles. The quantitative estimate of drug-likeness (QED) is 0.649. The minimum Gasteiger partial charge on any atom is -0.488 e. The number of carbonyl (C=O) groups excluding carboxylic acids is 1. The number of aryl methyl sites for hydroxylation is 4. The highest BCUT2D eigenvalue weighted by atomic mass is 32.1. The number of ether oxygens (including phenoxy) is 1. The van der Waals surface area contributed by atoms with Crippen LogP contribution in [0.4, 0.5) is 5.69 Å². The van der Waals surface area contributed by atoms with E-state index in [4.69, 9.17) is 4.74 Å². The van der Waals surface area contributed by atoms with Gasteiger partial charge in [0.05, 0.1) is 22.5 Å². The predicted molar refractivity (Wildman–Crippen MR) is 110 cm³/mol. The Morgan fingerprint density at radius 2 is 1.89 bits per heavy atom. The molecule has 142 valence electrons. The lowest BCUT2D eigenvalue weighted by atomic mass is 10.1. The first-order chi connectivity index (χ1) is 12.9. The Morgan fingerprint density at radius 1 is 1.19 bits per heavy atom. The third-order valence-corrected chi connectivity index (χ3v) is 5.49. The smallest absolute Gasteiger partial charge is 0.265 e. The molecule has 3 aromatic rings. The Balaban J connectivity index is 1.66. The fraction of sp³-hybridized carbons (Fsp3) is 0.333. The van der Waals surface area contributed by atoms with Gasteiger partial charge in [0.2, 0.25) is 0 Å². The average molecular weight is 384 g/mol. The second kappa shape index (κ2) is 7.96. The molecular formula is C21H25N3O2S. The van der Waals surface area contributed by atoms with E-state index in [1.165, 1.54) is 16.9 Å². The van der Waals surface area contributed by atoms with E-state index < -0.39 is 0 Å². The molecule has 0 radical (unpaired) electrons. The SMILES string of the molecule is CCn1ncc(NC(=O)c2cc(COc3c(C)cc(C)cc3C)cs2)c1C. The van der Waals surface area contributed by atoms with E-state index in [-0.39, 0.29) is 5.91 Å². The van der Waals surface area contributed by atoms with E-state index in [0.29, 0.717) is 11.5 Å². The van der Waals surface area contributed by atoms with Crippen molar-refractivity contribution in [1.82, 2.24) is 9.78 Å². The van der Waals surface area contributed by atoms with Crippen molar-refractivity contribution in [2.45, 2.75) is 47.8 Å². The van der Waals surface area contributed by atoms with E-state index in [1.54, 1.807) is 6.20 Å². The average Bonchev–Trinajstić information content (AvgIpc) is 3.21. The molecule has 2 aromatic heterocycles. The molecule has 5 nitrogen and oxygen atoms in total. The molecular weight excluding hydrogens is 358 g/mol. The van der Waals surface area contributed by atoms with Crippen LogP contribution in [-0.4, -0.2) is 15.7 Å². The first-order valence-corrected chi connectivity index (χ1v) is 9.88. The summed E-state index contributed by atoms with van der Waals surface area (Å²) in [5.74, 6) is 0.799. The lowest BCUT2D eigenvalue weighted by Gasteiger charge is -2.12. The highest BCUT2D eigenvalue weighted by Gasteiger charge is 2.14. The lowest BCUT2D eigenvalue weighted by molar-refractivity contribution is 0.103. The van der Waals surface area contributed by atoms with Crippen LogP contribution in [0.1, 0.15) is 44.5 Å². The number of benzene rings is 1. The molecule has 3 rings (SSSR count). The Hall–Kier alpha value is -2.60. The maximum Gasteiger partial charge on any atom is 0.265 e. The van der Waals surface area contributed by atoms with Crippen LogP contribution in [0.5, 0.6) is 5.75 Å². The summed E-state index contributed by atoms with van der Waals surface area (Å²) >= 11 is 1.42. The van der Waals surface area contributed by atoms with Crippen LogP contribution >= 0.6 is 11.3 Å². The normalized spacial score (nSPS) is 10.9. The second-order valence-corrected chi connectivity index (χ2v) is 7.66. The summed E-state index contributed by atoms with van der Waals surface area (Å²) < 4.78 is 7.88. The summed E-state index contributed by atoms with van der Waals surface area (Å²) in [4.78, 5) is 13.2. The van der Waals surface area contributed by atoms with Gasteiger partial charge < -0.3 is 10.1 Å². The maximum absolute atomic E-state index is 12.5. The molecule has 0 atom stereocenters. The third-order valence-electron chi connectivity index (χ3n) is 4.52. The molecule has 0 fully saturated rings. The molecule has 0 aliphatic heterocycles. The molecule has 0 aliphatic carbocycles. The molecule has 27 heavy (non-hydrogen) atoms. The number of hydrogen-bond donors (Lipinski definition) is 1. The van der Waals surface area contributed by atoms with Gasteiger partial charge in [-0.3, -0.25) is 9.48 Å². The molecule has 0 bridgehead atoms. The molecule has 1 N–H and O–H groups in total. The van der Waals surface area contributed by atoms with Gasteiger partial charge in [0.1, 0.15) is 12.4 Å². The second-order valence-electron chi connectivity index (χ2n) is 6.75. The van der Waals surface area contributed by atoms with Crippen molar-refractivity contribution in [2.75, 3.05) is 5.32 Å². The Bertz CT molecular complexity index is 949. The molecule has 0 spiro atoms. The van der Waals surface area contributed by atoms with E-state index in [9.17, 15) is 4.79 Å². The first-order valence-electron chi connectivity index (χ1n) is 9.00. The summed E-state index contributed by atoms with van der Waals surface area (Å²) in [7, 11) is 0. The molecule has 0 saturated carbocycles. The summed E-state index contributed by atoms with van der Waals surface area (Å²) in [6.07, 6.45) is 1.69. The van der Waals surface area contributed by atoms with Crippen molar-refractivity contribution in [3.63, 3.8) is 0 Å². The highest BCUT2D eigenvalue weighted by Crippen LogP contribution is 2.26. The van der Waals surface area contributed by atoms with Crippen LogP contribution in [0.2, 0.25) is 0 Å². The Kier molecular flexibility index (Phi) is 5.65. The van der Waals surface area contributed by atoms with Crippen LogP contribution in [0.15, 0.2) is 29.8 Å². The minimum atomic E-state index is -0.118. The van der Waals surface area contributed by atoms with Crippen molar-refractivity contribution in [2.24, 2.45) is 0 Å². The van der Waals surface area contributed by atoms with Crippen molar-refractivity contribution in [1.29, 1.82) is 0 Å². The zero-order chi connectivity index (χ0) is 19.6. The number of thiophene rings is 1. The standard InChI is InChI=1S/C21H25N3O2S/c1-6-24-16(5)18(10-22-24)23-21(25)19-9-17(12-27-19)11-26-20-14(3)7-13(2)8-15(20)4/h7-10,12H,6,11H2,1-5H3,(H,23,25). The fourth-order valence-electron chi connectivity index (χ4n) is 3.19. The van der Waals surface area contributed by atoms with Crippen LogP contribution in [-0.2, 0) is 13.2 Å². The first kappa shape index (κ1) is 19.2. The molecule has 0 aliphatic rings. The molecule has 0 saturated heterocycles. The van der Waals surface area contributed by atoms with Crippen molar-refractivity contribution in [3.8, 4) is 5.75 Å². The van der Waals surface area contributed by atoms with Gasteiger partial charge in [-0.05, 0) is 57.2 Å². The topological polar surface area (TPSA) is 56.2 Å². The van der Waals surface area contributed by atoms with Gasteiger partial charge in [-0.15, -0.1) is 11.3 Å². The van der Waals surface area contributed by atoms with Gasteiger partial charge in [-0.25, -0.2) is 0 Å². The van der Waals surface area contributed by atoms with E-state index >= 15 is 0 Å². The summed E-state index contributed by atoms with van der Waals surface area (Å²) in [6, 6.07) is 6.12. The van der Waals surface area contributed by atoms with E-state index in [0.717, 1.165) is 40.4 Å². The number of rotatable bonds is 6. The van der Waals surface area contributed by atoms with Crippen LogP contribution in [0.25, 0.3) is 0 Å². The van der Waals surface area contributed by atoms with E-state index in [1.807, 2.05) is 30.0 Å². The van der Waals surface area contributed by atoms with Gasteiger partial charge in [0.25, 0.3) is 5.91 Å². The van der Waals surface area contributed by atoms with Gasteiger partial charge in [0.15, 0.2) is 0 Å². The van der Waals surface area contributed by atoms with Gasteiger partial charge in [0, 0.05) is 12.1 Å². The van der Waals surface area contributed by atoms with E-state index in [2.05, 4.69) is 43.3 Å². The summed E-state index contributed by atoms with van der Waals surface area (Å²) in [5, 5.41) is 9.17. The Morgan fingerprint density at radius 3 is 2.52 bits per heavy atom. The molecule has 0 unspecified atom stereocenters. The van der Waals surface area contributed by atoms with Crippen molar-refractivity contribution < 1.29 is 9.53 Å². The summed E-state index contributed by atoms with van der Waals surface area (Å²) in [6.45, 7) is 11.4. The van der Waals surface area contributed by atoms with Gasteiger partial charge in [-0.1, -0.05) is 17.7 Å². The monoisotopic (exact) mass is 383 g/mol. The van der Waals surface area contributed by atoms with Crippen LogP contribution in [0, 0.1) is 27.7 Å². The largest absolute Gasteiger partial charge is 0.488 e. The van der Waals surface area contributed by atoms with Gasteiger partial charge in [-0.2, -0.15) is 5.10 Å². The number of carbonyl (C=O) groups is 1. The number of nitrogens with one attached hydrogen (secondary N) is 1. The van der Waals surface area contributed by atoms with Crippen LogP contribution < -0.4 is 10.1 Å². The number of aromatic nitrogens is 2. The molecule has 1 amide bonds. The zero-order valence-electron chi connectivity index (χ0n) is 16.4. The number of anilines is 1. The zero-order valence-corrected chi connectivity index (χ0v) is 17.2. The third kappa shape index (κ3) is 4.22. The number of hydrogen-bond acceptors (Lipinski definition) is 4. The maximum atomic E-state index is 12.5.